The fourth-order valence-corrected chi connectivity index (χ4v) is 2.51. The summed E-state index contributed by atoms with van der Waals surface area (Å²) in [6.45, 7) is 0. The summed E-state index contributed by atoms with van der Waals surface area (Å²) in [5.74, 6) is 0.862. The lowest BCUT2D eigenvalue weighted by Crippen LogP contribution is -1.96. The first kappa shape index (κ1) is 12.6. The Labute approximate surface area is 128 Å². The van der Waals surface area contributed by atoms with Crippen molar-refractivity contribution < 1.29 is 0 Å². The zero-order valence-corrected chi connectivity index (χ0v) is 11.8. The number of fused-ring (bicyclic) bond motifs is 1. The summed E-state index contributed by atoms with van der Waals surface area (Å²) < 4.78 is 1.97. The Balaban J connectivity index is 1.73. The molecule has 1 N–H and O–H groups in total. The summed E-state index contributed by atoms with van der Waals surface area (Å²) in [5, 5.41) is 5.69. The molecule has 0 aliphatic rings. The lowest BCUT2D eigenvalue weighted by molar-refractivity contribution is 1.06. The van der Waals surface area contributed by atoms with E-state index in [1.54, 1.807) is 12.5 Å². The number of hydrogen-bond acceptors (Lipinski definition) is 3. The van der Waals surface area contributed by atoms with Crippen molar-refractivity contribution in [3.63, 3.8) is 0 Å². The molecule has 0 amide bonds. The molecular weight excluding hydrogens is 272 g/mol. The Hall–Kier alpha value is -3.14. The predicted molar refractivity (Wildman–Crippen MR) is 88.6 cm³/mol. The first-order chi connectivity index (χ1) is 10.9. The van der Waals surface area contributed by atoms with Crippen LogP contribution in [0.25, 0.3) is 16.5 Å². The van der Waals surface area contributed by atoms with Crippen molar-refractivity contribution in [3.8, 4) is 5.69 Å². The van der Waals surface area contributed by atoms with Crippen LogP contribution in [0, 0.1) is 0 Å². The van der Waals surface area contributed by atoms with Gasteiger partial charge in [-0.1, -0.05) is 30.3 Å². The molecule has 0 spiro atoms. The van der Waals surface area contributed by atoms with Gasteiger partial charge in [-0.3, -0.25) is 0 Å². The molecule has 4 rings (SSSR count). The molecule has 0 saturated heterocycles. The van der Waals surface area contributed by atoms with Gasteiger partial charge in [0.05, 0.1) is 6.33 Å². The summed E-state index contributed by atoms with van der Waals surface area (Å²) in [6, 6.07) is 18.4. The van der Waals surface area contributed by atoms with Crippen LogP contribution in [0.3, 0.4) is 0 Å². The summed E-state index contributed by atoms with van der Waals surface area (Å²) in [6.07, 6.45) is 7.31. The van der Waals surface area contributed by atoms with E-state index in [9.17, 15) is 0 Å². The number of pyridine rings is 1. The second-order valence-corrected chi connectivity index (χ2v) is 5.03. The van der Waals surface area contributed by atoms with Crippen molar-refractivity contribution in [1.82, 2.24) is 14.5 Å². The summed E-state index contributed by atoms with van der Waals surface area (Å²) in [7, 11) is 0. The lowest BCUT2D eigenvalue weighted by atomic mass is 10.1. The van der Waals surface area contributed by atoms with Crippen LogP contribution in [0.2, 0.25) is 0 Å². The molecule has 0 unspecified atom stereocenters. The maximum Gasteiger partial charge on any atom is 0.138 e. The number of nitrogens with one attached hydrogen (secondary N) is 1. The highest BCUT2D eigenvalue weighted by Gasteiger charge is 2.03. The third kappa shape index (κ3) is 2.31. The molecule has 2 heterocycles. The minimum Gasteiger partial charge on any atom is -0.340 e. The molecule has 106 valence electrons. The average Bonchev–Trinajstić information content (AvgIpc) is 3.10. The van der Waals surface area contributed by atoms with E-state index in [0.717, 1.165) is 22.6 Å². The number of rotatable bonds is 3. The zero-order chi connectivity index (χ0) is 14.8. The molecule has 0 aliphatic heterocycles. The topological polar surface area (TPSA) is 42.7 Å². The first-order valence-corrected chi connectivity index (χ1v) is 7.09. The van der Waals surface area contributed by atoms with Gasteiger partial charge in [0.1, 0.15) is 5.82 Å². The zero-order valence-electron chi connectivity index (χ0n) is 11.8. The molecule has 0 aliphatic carbocycles. The van der Waals surface area contributed by atoms with Crippen molar-refractivity contribution in [1.29, 1.82) is 0 Å². The normalized spacial score (nSPS) is 10.7. The van der Waals surface area contributed by atoms with E-state index in [0.29, 0.717) is 0 Å². The largest absolute Gasteiger partial charge is 0.340 e. The van der Waals surface area contributed by atoms with E-state index in [2.05, 4.69) is 33.5 Å². The highest BCUT2D eigenvalue weighted by molar-refractivity contribution is 5.93. The summed E-state index contributed by atoms with van der Waals surface area (Å²) >= 11 is 0. The van der Waals surface area contributed by atoms with Gasteiger partial charge >= 0.3 is 0 Å². The SMILES string of the molecule is c1cc(Nc2nccc3ccccc23)cc(-n2ccnc2)c1. The quantitative estimate of drug-likeness (QED) is 0.615. The van der Waals surface area contributed by atoms with Crippen molar-refractivity contribution in [3.05, 3.63) is 79.5 Å². The fraction of sp³-hybridized carbons (Fsp3) is 0. The Morgan fingerprint density at radius 2 is 1.86 bits per heavy atom. The van der Waals surface area contributed by atoms with E-state index in [-0.39, 0.29) is 0 Å². The van der Waals surface area contributed by atoms with Crippen LogP contribution < -0.4 is 5.32 Å². The molecule has 4 aromatic rings. The molecule has 4 heteroatoms. The van der Waals surface area contributed by atoms with Crippen molar-refractivity contribution in [2.75, 3.05) is 5.32 Å². The van der Waals surface area contributed by atoms with E-state index in [4.69, 9.17) is 0 Å². The van der Waals surface area contributed by atoms with Gasteiger partial charge in [-0.05, 0) is 29.7 Å². The Kier molecular flexibility index (Phi) is 3.05. The van der Waals surface area contributed by atoms with Crippen LogP contribution in [0.1, 0.15) is 0 Å². The van der Waals surface area contributed by atoms with E-state index >= 15 is 0 Å². The second kappa shape index (κ2) is 5.33. The van der Waals surface area contributed by atoms with E-state index in [1.807, 2.05) is 53.4 Å². The number of aromatic nitrogens is 3. The minimum atomic E-state index is 0.862. The van der Waals surface area contributed by atoms with Crippen LogP contribution in [-0.2, 0) is 0 Å². The summed E-state index contributed by atoms with van der Waals surface area (Å²) in [5.41, 5.74) is 2.05. The maximum atomic E-state index is 4.46. The van der Waals surface area contributed by atoms with Crippen molar-refractivity contribution in [2.24, 2.45) is 0 Å². The molecule has 4 nitrogen and oxygen atoms in total. The number of benzene rings is 2. The maximum absolute atomic E-state index is 4.46. The predicted octanol–water partition coefficient (Wildman–Crippen LogP) is 4.16. The molecule has 0 fully saturated rings. The van der Waals surface area contributed by atoms with Crippen LogP contribution in [-0.4, -0.2) is 14.5 Å². The smallest absolute Gasteiger partial charge is 0.138 e. The molecule has 2 aromatic heterocycles. The van der Waals surface area contributed by atoms with Gasteiger partial charge in [-0.15, -0.1) is 0 Å². The van der Waals surface area contributed by atoms with Crippen molar-refractivity contribution in [2.45, 2.75) is 0 Å². The van der Waals surface area contributed by atoms with Gasteiger partial charge < -0.3 is 9.88 Å². The lowest BCUT2D eigenvalue weighted by Gasteiger charge is -2.10. The van der Waals surface area contributed by atoms with Gasteiger partial charge in [0.25, 0.3) is 0 Å². The number of nitrogens with zero attached hydrogens (tertiary/aromatic N) is 3. The fourth-order valence-electron chi connectivity index (χ4n) is 2.51. The molecule has 22 heavy (non-hydrogen) atoms. The van der Waals surface area contributed by atoms with Gasteiger partial charge in [-0.2, -0.15) is 0 Å². The Morgan fingerprint density at radius 3 is 2.77 bits per heavy atom. The standard InChI is InChI=1S/C18H14N4/c1-2-7-17-14(4-1)8-9-20-18(17)21-15-5-3-6-16(12-15)22-11-10-19-13-22/h1-13H,(H,20,21). The van der Waals surface area contributed by atoms with Crippen LogP contribution in [0.4, 0.5) is 11.5 Å². The minimum absolute atomic E-state index is 0.862. The monoisotopic (exact) mass is 286 g/mol. The van der Waals surface area contributed by atoms with Gasteiger partial charge in [-0.25, -0.2) is 9.97 Å². The van der Waals surface area contributed by atoms with Crippen LogP contribution in [0.15, 0.2) is 79.5 Å². The highest BCUT2D eigenvalue weighted by atomic mass is 15.0. The van der Waals surface area contributed by atoms with Crippen molar-refractivity contribution >= 4 is 22.3 Å². The first-order valence-electron chi connectivity index (χ1n) is 7.09. The van der Waals surface area contributed by atoms with Gasteiger partial charge in [0.15, 0.2) is 0 Å². The number of imidazole rings is 1. The van der Waals surface area contributed by atoms with E-state index in [1.165, 1.54) is 5.39 Å². The molecule has 0 radical (unpaired) electrons. The summed E-state index contributed by atoms with van der Waals surface area (Å²) in [4.78, 5) is 8.55. The molecule has 2 aromatic carbocycles. The highest BCUT2D eigenvalue weighted by Crippen LogP contribution is 2.25. The average molecular weight is 286 g/mol. The Bertz CT molecular complexity index is 908. The van der Waals surface area contributed by atoms with Crippen LogP contribution >= 0.6 is 0 Å². The van der Waals surface area contributed by atoms with Crippen LogP contribution in [0.5, 0.6) is 0 Å². The van der Waals surface area contributed by atoms with Gasteiger partial charge in [0, 0.05) is 35.4 Å². The molecule has 0 saturated carbocycles. The third-order valence-corrected chi connectivity index (χ3v) is 3.59. The molecular formula is C18H14N4. The molecule has 0 atom stereocenters. The van der Waals surface area contributed by atoms with E-state index < -0.39 is 0 Å². The second-order valence-electron chi connectivity index (χ2n) is 5.03. The van der Waals surface area contributed by atoms with Gasteiger partial charge in [0.2, 0.25) is 0 Å². The molecule has 0 bridgehead atoms. The third-order valence-electron chi connectivity index (χ3n) is 3.59. The number of hydrogen-bond donors (Lipinski definition) is 1. The Morgan fingerprint density at radius 1 is 0.909 bits per heavy atom. The number of anilines is 2.